The van der Waals surface area contributed by atoms with Gasteiger partial charge in [0.25, 0.3) is 10.0 Å². The van der Waals surface area contributed by atoms with Crippen molar-refractivity contribution in [3.05, 3.63) is 65.9 Å². The maximum Gasteiger partial charge on any atom is 0.416 e. The second-order valence-corrected chi connectivity index (χ2v) is 7.01. The summed E-state index contributed by atoms with van der Waals surface area (Å²) in [4.78, 5) is 10.7. The summed E-state index contributed by atoms with van der Waals surface area (Å²) in [6, 6.07) is 9.14. The summed E-state index contributed by atoms with van der Waals surface area (Å²) in [5, 5.41) is 9.40. The third-order valence-corrected chi connectivity index (χ3v) is 5.30. The lowest BCUT2D eigenvalue weighted by Gasteiger charge is -2.11. The van der Waals surface area contributed by atoms with Crippen LogP contribution in [0.4, 0.5) is 13.2 Å². The summed E-state index contributed by atoms with van der Waals surface area (Å²) in [6.45, 7) is 0. The average molecular weight is 369 g/mol. The van der Waals surface area contributed by atoms with Crippen LogP contribution in [0.1, 0.15) is 15.9 Å². The van der Waals surface area contributed by atoms with Crippen LogP contribution in [0.5, 0.6) is 0 Å². The molecule has 0 saturated carbocycles. The number of carboxylic acid groups (broad SMARTS) is 1. The minimum Gasteiger partial charge on any atom is -0.478 e. The Morgan fingerprint density at radius 2 is 1.72 bits per heavy atom. The molecule has 130 valence electrons. The number of carboxylic acids is 1. The smallest absolute Gasteiger partial charge is 0.416 e. The lowest BCUT2D eigenvalue weighted by Crippen LogP contribution is -2.14. The van der Waals surface area contributed by atoms with E-state index in [0.717, 1.165) is 24.4 Å². The lowest BCUT2D eigenvalue weighted by atomic mass is 10.2. The first kappa shape index (κ1) is 17.0. The van der Waals surface area contributed by atoms with Gasteiger partial charge in [-0.25, -0.2) is 17.2 Å². The number of fused-ring (bicyclic) bond motifs is 1. The zero-order valence-electron chi connectivity index (χ0n) is 12.4. The normalized spacial score (nSPS) is 12.4. The zero-order valence-corrected chi connectivity index (χ0v) is 13.2. The van der Waals surface area contributed by atoms with Crippen LogP contribution in [0, 0.1) is 0 Å². The van der Waals surface area contributed by atoms with Gasteiger partial charge in [0.05, 0.1) is 21.5 Å². The molecule has 0 saturated heterocycles. The number of alkyl halides is 3. The third-order valence-electron chi connectivity index (χ3n) is 3.63. The van der Waals surface area contributed by atoms with E-state index in [1.165, 1.54) is 24.3 Å². The summed E-state index contributed by atoms with van der Waals surface area (Å²) in [6.07, 6.45) is -3.81. The van der Waals surface area contributed by atoms with Gasteiger partial charge in [0, 0.05) is 11.6 Å². The molecule has 25 heavy (non-hydrogen) atoms. The summed E-state index contributed by atoms with van der Waals surface area (Å²) in [5.41, 5.74) is -1.30. The molecular formula is C16H10F3NO4S. The molecule has 0 amide bonds. The number of hydrogen-bond acceptors (Lipinski definition) is 3. The van der Waals surface area contributed by atoms with E-state index >= 15 is 0 Å². The Morgan fingerprint density at radius 1 is 1.04 bits per heavy atom. The SMILES string of the molecule is O=C(O)c1cn(S(=O)(=O)c2cccc(C(F)(F)F)c2)c2ccccc12. The van der Waals surface area contributed by atoms with Crippen LogP contribution in [0.3, 0.4) is 0 Å². The van der Waals surface area contributed by atoms with Crippen molar-refractivity contribution in [2.24, 2.45) is 0 Å². The highest BCUT2D eigenvalue weighted by atomic mass is 32.2. The van der Waals surface area contributed by atoms with Gasteiger partial charge in [-0.05, 0) is 24.3 Å². The van der Waals surface area contributed by atoms with Gasteiger partial charge in [-0.3, -0.25) is 0 Å². The summed E-state index contributed by atoms with van der Waals surface area (Å²) in [5.74, 6) is -1.34. The molecule has 9 heteroatoms. The largest absolute Gasteiger partial charge is 0.478 e. The van der Waals surface area contributed by atoms with E-state index in [1.54, 1.807) is 0 Å². The predicted molar refractivity (Wildman–Crippen MR) is 82.9 cm³/mol. The van der Waals surface area contributed by atoms with E-state index in [9.17, 15) is 31.5 Å². The van der Waals surface area contributed by atoms with Crippen molar-refractivity contribution in [2.75, 3.05) is 0 Å². The first-order valence-electron chi connectivity index (χ1n) is 6.88. The van der Waals surface area contributed by atoms with Gasteiger partial charge in [-0.15, -0.1) is 0 Å². The van der Waals surface area contributed by atoms with E-state index in [0.29, 0.717) is 10.0 Å². The van der Waals surface area contributed by atoms with Gasteiger partial charge in [0.15, 0.2) is 0 Å². The van der Waals surface area contributed by atoms with E-state index < -0.39 is 32.6 Å². The molecule has 2 aromatic carbocycles. The molecule has 0 fully saturated rings. The molecule has 0 aliphatic heterocycles. The minimum absolute atomic E-state index is 0.0670. The number of para-hydroxylation sites is 1. The van der Waals surface area contributed by atoms with Gasteiger partial charge in [0.1, 0.15) is 0 Å². The van der Waals surface area contributed by atoms with Gasteiger partial charge >= 0.3 is 12.1 Å². The van der Waals surface area contributed by atoms with Gasteiger partial charge in [-0.2, -0.15) is 13.2 Å². The monoisotopic (exact) mass is 369 g/mol. The maximum absolute atomic E-state index is 12.8. The second-order valence-electron chi connectivity index (χ2n) is 5.19. The van der Waals surface area contributed by atoms with Crippen LogP contribution in [-0.4, -0.2) is 23.5 Å². The van der Waals surface area contributed by atoms with Gasteiger partial charge < -0.3 is 5.11 Å². The molecule has 0 spiro atoms. The molecule has 3 rings (SSSR count). The second kappa shape index (κ2) is 5.62. The molecule has 1 N–H and O–H groups in total. The van der Waals surface area contributed by atoms with Crippen molar-refractivity contribution in [1.82, 2.24) is 3.97 Å². The average Bonchev–Trinajstić information content (AvgIpc) is 2.95. The first-order chi connectivity index (χ1) is 11.6. The van der Waals surface area contributed by atoms with Crippen molar-refractivity contribution >= 4 is 26.9 Å². The Balaban J connectivity index is 2.26. The highest BCUT2D eigenvalue weighted by molar-refractivity contribution is 7.90. The van der Waals surface area contributed by atoms with E-state index in [4.69, 9.17) is 0 Å². The third kappa shape index (κ3) is 2.86. The fourth-order valence-corrected chi connectivity index (χ4v) is 3.88. The lowest BCUT2D eigenvalue weighted by molar-refractivity contribution is -0.137. The highest BCUT2D eigenvalue weighted by Crippen LogP contribution is 2.32. The number of nitrogens with zero attached hydrogens (tertiary/aromatic N) is 1. The van der Waals surface area contributed by atoms with E-state index in [2.05, 4.69) is 0 Å². The molecule has 3 aromatic rings. The van der Waals surface area contributed by atoms with Crippen molar-refractivity contribution in [3.8, 4) is 0 Å². The first-order valence-corrected chi connectivity index (χ1v) is 8.32. The molecule has 0 atom stereocenters. The van der Waals surface area contributed by atoms with Gasteiger partial charge in [0.2, 0.25) is 0 Å². The number of hydrogen-bond donors (Lipinski definition) is 1. The summed E-state index contributed by atoms with van der Waals surface area (Å²) in [7, 11) is -4.41. The number of halogens is 3. The molecule has 1 aromatic heterocycles. The van der Waals surface area contributed by atoms with Crippen LogP contribution in [0.15, 0.2) is 59.6 Å². The molecule has 0 radical (unpaired) electrons. The molecule has 1 heterocycles. The number of aromatic carboxylic acids is 1. The minimum atomic E-state index is -4.70. The Morgan fingerprint density at radius 3 is 2.36 bits per heavy atom. The molecular weight excluding hydrogens is 359 g/mol. The van der Waals surface area contributed by atoms with Crippen molar-refractivity contribution in [3.63, 3.8) is 0 Å². The number of aromatic nitrogens is 1. The topological polar surface area (TPSA) is 76.4 Å². The standard InChI is InChI=1S/C16H10F3NO4S/c17-16(18,19)10-4-3-5-11(8-10)25(23,24)20-9-13(15(21)22)12-6-1-2-7-14(12)20/h1-9H,(H,21,22). The van der Waals surface area contributed by atoms with Crippen LogP contribution >= 0.6 is 0 Å². The van der Waals surface area contributed by atoms with E-state index in [1.807, 2.05) is 0 Å². The van der Waals surface area contributed by atoms with Gasteiger partial charge in [-0.1, -0.05) is 24.3 Å². The van der Waals surface area contributed by atoms with Crippen molar-refractivity contribution in [1.29, 1.82) is 0 Å². The molecule has 0 bridgehead atoms. The number of carbonyl (C=O) groups is 1. The fraction of sp³-hybridized carbons (Fsp3) is 0.0625. The fourth-order valence-electron chi connectivity index (χ4n) is 2.47. The van der Waals surface area contributed by atoms with Crippen LogP contribution in [-0.2, 0) is 16.2 Å². The predicted octanol–water partition coefficient (Wildman–Crippen LogP) is 3.60. The number of benzene rings is 2. The molecule has 0 unspecified atom stereocenters. The quantitative estimate of drug-likeness (QED) is 0.765. The Kier molecular flexibility index (Phi) is 3.83. The molecule has 0 aliphatic rings. The van der Waals surface area contributed by atoms with Crippen molar-refractivity contribution in [2.45, 2.75) is 11.1 Å². The Hall–Kier alpha value is -2.81. The Bertz CT molecular complexity index is 1080. The summed E-state index contributed by atoms with van der Waals surface area (Å²) >= 11 is 0. The zero-order chi connectivity index (χ0) is 18.4. The summed E-state index contributed by atoms with van der Waals surface area (Å²) < 4.78 is 64.7. The van der Waals surface area contributed by atoms with Crippen molar-refractivity contribution < 1.29 is 31.5 Å². The maximum atomic E-state index is 12.8. The van der Waals surface area contributed by atoms with E-state index in [-0.39, 0.29) is 16.5 Å². The Labute approximate surface area is 140 Å². The molecule has 0 aliphatic carbocycles. The number of rotatable bonds is 3. The van der Waals surface area contributed by atoms with Crippen LogP contribution < -0.4 is 0 Å². The highest BCUT2D eigenvalue weighted by Gasteiger charge is 2.32. The van der Waals surface area contributed by atoms with Crippen LogP contribution in [0.2, 0.25) is 0 Å². The van der Waals surface area contributed by atoms with Crippen LogP contribution in [0.25, 0.3) is 10.9 Å². The molecule has 5 nitrogen and oxygen atoms in total.